The van der Waals surface area contributed by atoms with Crippen LogP contribution in [0.1, 0.15) is 30.4 Å². The predicted molar refractivity (Wildman–Crippen MR) is 90.0 cm³/mol. The number of carbonyl (C=O) groups excluding carboxylic acids is 1. The third-order valence-electron chi connectivity index (χ3n) is 3.83. The number of amides is 2. The largest absolute Gasteiger partial charge is 0.465 e. The number of nitrogens with one attached hydrogen (secondary N) is 1. The Morgan fingerprint density at radius 3 is 3.08 bits per heavy atom. The zero-order chi connectivity index (χ0) is 21.7. The molecule has 2 unspecified atom stereocenters. The lowest BCUT2D eigenvalue weighted by atomic mass is 10.0. The number of anilines is 1. The van der Waals surface area contributed by atoms with E-state index in [0.29, 0.717) is 4.60 Å². The molecule has 1 aliphatic rings. The van der Waals surface area contributed by atoms with Gasteiger partial charge in [-0.3, -0.25) is 4.79 Å². The normalized spacial score (nSPS) is 24.7. The van der Waals surface area contributed by atoms with Gasteiger partial charge in [0.25, 0.3) is 5.91 Å². The van der Waals surface area contributed by atoms with Crippen molar-refractivity contribution in [2.24, 2.45) is 11.7 Å². The van der Waals surface area contributed by atoms with Crippen molar-refractivity contribution in [2.45, 2.75) is 19.3 Å². The summed E-state index contributed by atoms with van der Waals surface area (Å²) in [6, 6.07) is -0.957. The lowest BCUT2D eigenvalue weighted by molar-refractivity contribution is 0.100. The molecule has 4 N–H and O–H groups in total. The second-order valence-electron chi connectivity index (χ2n) is 5.32. The van der Waals surface area contributed by atoms with Gasteiger partial charge in [-0.1, -0.05) is 6.85 Å². The third kappa shape index (κ3) is 2.88. The van der Waals surface area contributed by atoms with Crippen LogP contribution < -0.4 is 11.1 Å². The van der Waals surface area contributed by atoms with Crippen LogP contribution in [0.15, 0.2) is 17.0 Å². The minimum atomic E-state index is -2.98. The highest BCUT2D eigenvalue weighted by Crippen LogP contribution is 2.28. The molecule has 0 bridgehead atoms. The molecule has 1 saturated heterocycles. The highest BCUT2D eigenvalue weighted by molar-refractivity contribution is 9.10. The second-order valence-corrected chi connectivity index (χ2v) is 6.13. The maximum Gasteiger partial charge on any atom is 0.407 e. The molecule has 9 nitrogen and oxygen atoms in total. The van der Waals surface area contributed by atoms with Crippen LogP contribution >= 0.6 is 15.9 Å². The van der Waals surface area contributed by atoms with E-state index >= 15 is 0 Å². The smallest absolute Gasteiger partial charge is 0.407 e. The van der Waals surface area contributed by atoms with E-state index in [2.05, 4.69) is 31.3 Å². The molecule has 2 atom stereocenters. The molecule has 0 spiro atoms. The van der Waals surface area contributed by atoms with E-state index in [-0.39, 0.29) is 30.0 Å². The first kappa shape index (κ1) is 11.2. The number of imidazole rings is 1. The molecule has 128 valence electrons. The van der Waals surface area contributed by atoms with Crippen LogP contribution in [0.25, 0.3) is 5.65 Å². The van der Waals surface area contributed by atoms with Crippen molar-refractivity contribution >= 4 is 39.3 Å². The van der Waals surface area contributed by atoms with Gasteiger partial charge in [-0.15, -0.1) is 0 Å². The molecule has 2 aromatic heterocycles. The van der Waals surface area contributed by atoms with Gasteiger partial charge >= 0.3 is 6.09 Å². The van der Waals surface area contributed by atoms with E-state index in [1.165, 1.54) is 16.9 Å². The average Bonchev–Trinajstić information content (AvgIpc) is 3.17. The minimum Gasteiger partial charge on any atom is -0.465 e. The third-order valence-corrected chi connectivity index (χ3v) is 4.22. The van der Waals surface area contributed by atoms with Crippen molar-refractivity contribution in [2.75, 3.05) is 18.4 Å². The number of nitrogens with two attached hydrogens (primary N) is 1. The van der Waals surface area contributed by atoms with Gasteiger partial charge in [-0.05, 0) is 28.2 Å². The Morgan fingerprint density at radius 2 is 2.42 bits per heavy atom. The zero-order valence-electron chi connectivity index (χ0n) is 17.2. The summed E-state index contributed by atoms with van der Waals surface area (Å²) in [4.78, 5) is 28.4. The van der Waals surface area contributed by atoms with E-state index in [0.717, 1.165) is 4.90 Å². The molecule has 24 heavy (non-hydrogen) atoms. The van der Waals surface area contributed by atoms with Crippen molar-refractivity contribution in [1.82, 2.24) is 19.5 Å². The van der Waals surface area contributed by atoms with E-state index in [4.69, 9.17) is 12.6 Å². The van der Waals surface area contributed by atoms with Gasteiger partial charge in [-0.25, -0.2) is 14.3 Å². The zero-order valence-corrected chi connectivity index (χ0v) is 13.8. The fraction of sp³-hybridized carbons (Fsp3) is 0.429. The summed E-state index contributed by atoms with van der Waals surface area (Å²) < 4.78 is 40.6. The van der Waals surface area contributed by atoms with E-state index in [1.54, 1.807) is 0 Å². The van der Waals surface area contributed by atoms with Crippen LogP contribution in [-0.4, -0.2) is 55.7 Å². The molecule has 3 heterocycles. The number of rotatable bonds is 4. The predicted octanol–water partition coefficient (Wildman–Crippen LogP) is 1.39. The van der Waals surface area contributed by atoms with Gasteiger partial charge in [0.15, 0.2) is 5.65 Å². The number of carbonyl (C=O) groups is 2. The van der Waals surface area contributed by atoms with Gasteiger partial charge < -0.3 is 21.1 Å². The van der Waals surface area contributed by atoms with Gasteiger partial charge in [0, 0.05) is 26.0 Å². The van der Waals surface area contributed by atoms with Gasteiger partial charge in [0.2, 0.25) is 0 Å². The monoisotopic (exact) mass is 401 g/mol. The molecule has 1 fully saturated rings. The SMILES string of the molecule is [2H]C([2H])([2H])C([2H])([2H])C1CN(C(=O)O)CC1Nc1c(C(N)=O)cnn2cc(Br)nc12. The summed E-state index contributed by atoms with van der Waals surface area (Å²) in [6.07, 6.45) is -1.29. The summed E-state index contributed by atoms with van der Waals surface area (Å²) in [5.41, 5.74) is 5.67. The van der Waals surface area contributed by atoms with E-state index < -0.39 is 37.2 Å². The number of fused-ring (bicyclic) bond motifs is 1. The second kappa shape index (κ2) is 6.27. The molecular weight excluding hydrogens is 380 g/mol. The molecule has 10 heteroatoms. The first-order valence-corrected chi connectivity index (χ1v) is 7.70. The van der Waals surface area contributed by atoms with Crippen molar-refractivity contribution in [3.8, 4) is 0 Å². The quantitative estimate of drug-likeness (QED) is 0.710. The number of primary amides is 1. The van der Waals surface area contributed by atoms with Gasteiger partial charge in [-0.2, -0.15) is 5.10 Å². The summed E-state index contributed by atoms with van der Waals surface area (Å²) in [6.45, 7) is -3.50. The fourth-order valence-corrected chi connectivity index (χ4v) is 3.04. The van der Waals surface area contributed by atoms with E-state index in [1.807, 2.05) is 0 Å². The highest BCUT2D eigenvalue weighted by atomic mass is 79.9. The van der Waals surface area contributed by atoms with Crippen LogP contribution in [0.5, 0.6) is 0 Å². The van der Waals surface area contributed by atoms with Crippen LogP contribution in [0, 0.1) is 5.92 Å². The summed E-state index contributed by atoms with van der Waals surface area (Å²) in [7, 11) is 0. The Morgan fingerprint density at radius 1 is 1.62 bits per heavy atom. The van der Waals surface area contributed by atoms with Crippen molar-refractivity contribution in [1.29, 1.82) is 0 Å². The first-order valence-electron chi connectivity index (χ1n) is 9.41. The standard InChI is InChI=1S/C14H17BrN6O3/c1-2-7-4-20(14(23)24)5-9(7)18-11-8(12(16)22)3-17-21-6-10(15)19-13(11)21/h3,6-7,9,18H,2,4-5H2,1H3,(H2,16,22)(H,23,24)/i1D3,2D2. The molecule has 1 aliphatic heterocycles. The summed E-state index contributed by atoms with van der Waals surface area (Å²) >= 11 is 3.20. The van der Waals surface area contributed by atoms with Crippen LogP contribution in [0.4, 0.5) is 10.5 Å². The van der Waals surface area contributed by atoms with E-state index in [9.17, 15) is 14.7 Å². The van der Waals surface area contributed by atoms with Crippen LogP contribution in [0.3, 0.4) is 0 Å². The minimum absolute atomic E-state index is 0.0439. The molecule has 0 aliphatic carbocycles. The maximum atomic E-state index is 11.9. The molecule has 2 amide bonds. The molecule has 2 aromatic rings. The molecule has 0 saturated carbocycles. The van der Waals surface area contributed by atoms with Crippen molar-refractivity contribution in [3.05, 3.63) is 22.6 Å². The molecular formula is C14H17BrN6O3. The number of hydrogen-bond acceptors (Lipinski definition) is 5. The van der Waals surface area contributed by atoms with Crippen molar-refractivity contribution in [3.63, 3.8) is 0 Å². The lowest BCUT2D eigenvalue weighted by Crippen LogP contribution is -2.32. The summed E-state index contributed by atoms with van der Waals surface area (Å²) in [5, 5.41) is 16.3. The number of aromatic nitrogens is 3. The number of likely N-dealkylation sites (tertiary alicyclic amines) is 1. The van der Waals surface area contributed by atoms with Gasteiger partial charge in [0.1, 0.15) is 4.60 Å². The Bertz CT molecular complexity index is 981. The summed E-state index contributed by atoms with van der Waals surface area (Å²) in [5.74, 6) is -2.05. The van der Waals surface area contributed by atoms with Gasteiger partial charge in [0.05, 0.1) is 23.6 Å². The van der Waals surface area contributed by atoms with Crippen LogP contribution in [0.2, 0.25) is 0 Å². The molecule has 0 aromatic carbocycles. The topological polar surface area (TPSA) is 126 Å². The first-order chi connectivity index (χ1) is 13.3. The molecule has 3 rings (SSSR count). The lowest BCUT2D eigenvalue weighted by Gasteiger charge is -2.21. The number of hydrogen-bond donors (Lipinski definition) is 3. The fourth-order valence-electron chi connectivity index (χ4n) is 2.67. The number of nitrogens with zero attached hydrogens (tertiary/aromatic N) is 4. The van der Waals surface area contributed by atoms with Crippen LogP contribution in [-0.2, 0) is 0 Å². The Labute approximate surface area is 153 Å². The number of halogens is 1. The average molecular weight is 402 g/mol. The highest BCUT2D eigenvalue weighted by Gasteiger charge is 2.35. The van der Waals surface area contributed by atoms with Crippen molar-refractivity contribution < 1.29 is 21.5 Å². The molecule has 0 radical (unpaired) electrons. The Balaban J connectivity index is 2.08. The Hall–Kier alpha value is -2.36. The maximum absolute atomic E-state index is 11.9. The Kier molecular flexibility index (Phi) is 2.94. The number of carboxylic acid groups (broad SMARTS) is 1.